The van der Waals surface area contributed by atoms with Gasteiger partial charge >= 0.3 is 5.76 Å². The molecular weight excluding hydrogens is 258 g/mol. The van der Waals surface area contributed by atoms with E-state index in [9.17, 15) is 4.79 Å². The van der Waals surface area contributed by atoms with Crippen LogP contribution in [-0.4, -0.2) is 26.6 Å². The molecule has 0 unspecified atom stereocenters. The molecule has 0 aliphatic heterocycles. The normalized spacial score (nSPS) is 11.2. The van der Waals surface area contributed by atoms with Crippen molar-refractivity contribution in [1.82, 2.24) is 24.9 Å². The first-order valence-corrected chi connectivity index (χ1v) is 6.40. The summed E-state index contributed by atoms with van der Waals surface area (Å²) in [6, 6.07) is 7.38. The average molecular weight is 273 g/mol. The minimum atomic E-state index is -0.346. The molecule has 1 aromatic carbocycles. The molecule has 0 amide bonds. The van der Waals surface area contributed by atoms with E-state index in [-0.39, 0.29) is 5.76 Å². The Bertz CT molecular complexity index is 770. The molecule has 0 saturated carbocycles. The van der Waals surface area contributed by atoms with E-state index in [1.54, 1.807) is 15.3 Å². The van der Waals surface area contributed by atoms with E-state index in [0.717, 1.165) is 11.2 Å². The number of hydrogen-bond donors (Lipinski definition) is 1. The van der Waals surface area contributed by atoms with Gasteiger partial charge in [0.1, 0.15) is 0 Å². The quantitative estimate of drug-likeness (QED) is 0.736. The second-order valence-electron chi connectivity index (χ2n) is 4.49. The van der Waals surface area contributed by atoms with Gasteiger partial charge in [0.2, 0.25) is 0 Å². The Kier molecular flexibility index (Phi) is 3.34. The first kappa shape index (κ1) is 12.6. The van der Waals surface area contributed by atoms with E-state index in [0.29, 0.717) is 25.2 Å². The maximum absolute atomic E-state index is 11.8. The van der Waals surface area contributed by atoms with Crippen LogP contribution in [0.1, 0.15) is 5.69 Å². The van der Waals surface area contributed by atoms with Gasteiger partial charge in [-0.15, -0.1) is 5.10 Å². The summed E-state index contributed by atoms with van der Waals surface area (Å²) in [5, 5.41) is 11.1. The second kappa shape index (κ2) is 5.30. The Morgan fingerprint density at radius 3 is 3.00 bits per heavy atom. The number of nitrogens with zero attached hydrogens (tertiary/aromatic N) is 4. The summed E-state index contributed by atoms with van der Waals surface area (Å²) in [5.74, 6) is -0.346. The van der Waals surface area contributed by atoms with Crippen molar-refractivity contribution in [2.24, 2.45) is 0 Å². The maximum atomic E-state index is 11.8. The predicted octanol–water partition coefficient (Wildman–Crippen LogP) is 0.606. The van der Waals surface area contributed by atoms with Crippen LogP contribution in [0.3, 0.4) is 0 Å². The number of para-hydroxylation sites is 2. The first-order valence-electron chi connectivity index (χ1n) is 6.40. The van der Waals surface area contributed by atoms with E-state index in [4.69, 9.17) is 4.42 Å². The highest BCUT2D eigenvalue weighted by Crippen LogP contribution is 2.11. The molecule has 2 heterocycles. The minimum Gasteiger partial charge on any atom is -0.408 e. The van der Waals surface area contributed by atoms with E-state index in [1.807, 2.05) is 31.4 Å². The van der Waals surface area contributed by atoms with Crippen LogP contribution in [0.25, 0.3) is 11.1 Å². The van der Waals surface area contributed by atoms with Crippen LogP contribution in [-0.2, 0) is 19.6 Å². The van der Waals surface area contributed by atoms with Crippen molar-refractivity contribution in [3.8, 4) is 0 Å². The van der Waals surface area contributed by atoms with Crippen LogP contribution in [0, 0.1) is 0 Å². The fraction of sp³-hybridized carbons (Fsp3) is 0.308. The lowest BCUT2D eigenvalue weighted by Crippen LogP contribution is -2.18. The second-order valence-corrected chi connectivity index (χ2v) is 4.49. The highest BCUT2D eigenvalue weighted by molar-refractivity contribution is 5.72. The summed E-state index contributed by atoms with van der Waals surface area (Å²) in [7, 11) is 1.86. The van der Waals surface area contributed by atoms with Gasteiger partial charge in [-0.05, 0) is 19.2 Å². The van der Waals surface area contributed by atoms with E-state index in [2.05, 4.69) is 15.6 Å². The number of nitrogens with one attached hydrogen (secondary N) is 1. The van der Waals surface area contributed by atoms with Gasteiger partial charge in [0, 0.05) is 19.3 Å². The van der Waals surface area contributed by atoms with Crippen LogP contribution >= 0.6 is 0 Å². The molecule has 0 aliphatic rings. The summed E-state index contributed by atoms with van der Waals surface area (Å²) < 4.78 is 8.51. The molecule has 1 N–H and O–H groups in total. The molecule has 0 radical (unpaired) electrons. The smallest absolute Gasteiger partial charge is 0.408 e. The number of aromatic nitrogens is 4. The van der Waals surface area contributed by atoms with Crippen molar-refractivity contribution in [3.63, 3.8) is 0 Å². The molecule has 3 aromatic rings. The Balaban J connectivity index is 1.79. The van der Waals surface area contributed by atoms with Gasteiger partial charge < -0.3 is 9.73 Å². The monoisotopic (exact) mass is 273 g/mol. The molecule has 0 bridgehead atoms. The Morgan fingerprint density at radius 1 is 1.30 bits per heavy atom. The summed E-state index contributed by atoms with van der Waals surface area (Å²) in [5.41, 5.74) is 2.27. The number of benzene rings is 1. The summed E-state index contributed by atoms with van der Waals surface area (Å²) in [4.78, 5) is 11.8. The lowest BCUT2D eigenvalue weighted by molar-refractivity contribution is 0.466. The van der Waals surface area contributed by atoms with Crippen molar-refractivity contribution in [3.05, 3.63) is 46.7 Å². The Hall–Kier alpha value is -2.41. The molecule has 7 nitrogen and oxygen atoms in total. The Labute approximate surface area is 114 Å². The molecular formula is C13H15N5O2. The van der Waals surface area contributed by atoms with Gasteiger partial charge in [0.15, 0.2) is 5.58 Å². The van der Waals surface area contributed by atoms with Crippen molar-refractivity contribution in [2.45, 2.75) is 19.6 Å². The SMILES string of the molecule is CNCc1cn(CCn2c(=O)oc3ccccc32)nn1. The summed E-state index contributed by atoms with van der Waals surface area (Å²) >= 11 is 0. The summed E-state index contributed by atoms with van der Waals surface area (Å²) in [6.45, 7) is 1.74. The topological polar surface area (TPSA) is 77.9 Å². The Morgan fingerprint density at radius 2 is 2.15 bits per heavy atom. The number of aryl methyl sites for hydroxylation is 2. The predicted molar refractivity (Wildman–Crippen MR) is 73.3 cm³/mol. The molecule has 0 fully saturated rings. The minimum absolute atomic E-state index is 0.346. The number of oxazole rings is 1. The molecule has 0 atom stereocenters. The largest absolute Gasteiger partial charge is 0.420 e. The van der Waals surface area contributed by atoms with E-state index >= 15 is 0 Å². The van der Waals surface area contributed by atoms with Crippen LogP contribution in [0.15, 0.2) is 39.7 Å². The molecule has 104 valence electrons. The molecule has 0 spiro atoms. The average Bonchev–Trinajstić information content (AvgIpc) is 3.01. The van der Waals surface area contributed by atoms with Gasteiger partial charge in [-0.3, -0.25) is 9.25 Å². The van der Waals surface area contributed by atoms with Crippen LogP contribution < -0.4 is 11.1 Å². The molecule has 2 aromatic heterocycles. The van der Waals surface area contributed by atoms with E-state index in [1.165, 1.54) is 0 Å². The van der Waals surface area contributed by atoms with Gasteiger partial charge in [-0.2, -0.15) is 0 Å². The van der Waals surface area contributed by atoms with Crippen molar-refractivity contribution in [1.29, 1.82) is 0 Å². The van der Waals surface area contributed by atoms with Gasteiger partial charge in [-0.1, -0.05) is 17.3 Å². The highest BCUT2D eigenvalue weighted by atomic mass is 16.4. The zero-order valence-corrected chi connectivity index (χ0v) is 11.1. The maximum Gasteiger partial charge on any atom is 0.420 e. The standard InChI is InChI=1S/C13H15N5O2/c1-14-8-10-9-17(16-15-10)6-7-18-11-4-2-3-5-12(11)20-13(18)19/h2-5,9,14H,6-8H2,1H3. The number of rotatable bonds is 5. The molecule has 7 heteroatoms. The molecule has 3 rings (SSSR count). The zero-order chi connectivity index (χ0) is 13.9. The third-order valence-electron chi connectivity index (χ3n) is 3.07. The molecule has 0 aliphatic carbocycles. The lowest BCUT2D eigenvalue weighted by Gasteiger charge is -2.01. The van der Waals surface area contributed by atoms with Gasteiger partial charge in [0.25, 0.3) is 0 Å². The van der Waals surface area contributed by atoms with E-state index < -0.39 is 0 Å². The zero-order valence-electron chi connectivity index (χ0n) is 11.1. The fourth-order valence-electron chi connectivity index (χ4n) is 2.14. The van der Waals surface area contributed by atoms with Crippen molar-refractivity contribution >= 4 is 11.1 Å². The van der Waals surface area contributed by atoms with Crippen molar-refractivity contribution in [2.75, 3.05) is 7.05 Å². The molecule has 0 saturated heterocycles. The van der Waals surface area contributed by atoms with Crippen LogP contribution in [0.4, 0.5) is 0 Å². The fourth-order valence-corrected chi connectivity index (χ4v) is 2.14. The third kappa shape index (κ3) is 2.35. The first-order chi connectivity index (χ1) is 9.78. The summed E-state index contributed by atoms with van der Waals surface area (Å²) in [6.07, 6.45) is 1.86. The van der Waals surface area contributed by atoms with Crippen molar-refractivity contribution < 1.29 is 4.42 Å². The number of fused-ring (bicyclic) bond motifs is 1. The van der Waals surface area contributed by atoms with Crippen LogP contribution in [0.5, 0.6) is 0 Å². The third-order valence-corrected chi connectivity index (χ3v) is 3.07. The van der Waals surface area contributed by atoms with Gasteiger partial charge in [0.05, 0.1) is 17.8 Å². The highest BCUT2D eigenvalue weighted by Gasteiger charge is 2.08. The number of hydrogen-bond acceptors (Lipinski definition) is 5. The van der Waals surface area contributed by atoms with Gasteiger partial charge in [-0.25, -0.2) is 4.79 Å². The molecule has 20 heavy (non-hydrogen) atoms. The van der Waals surface area contributed by atoms with Crippen LogP contribution in [0.2, 0.25) is 0 Å². The lowest BCUT2D eigenvalue weighted by atomic mass is 10.3.